The Morgan fingerprint density at radius 3 is 2.36 bits per heavy atom. The Bertz CT molecular complexity index is 1550. The van der Waals surface area contributed by atoms with Crippen molar-refractivity contribution in [3.8, 4) is 34.0 Å². The maximum Gasteiger partial charge on any atom is 0.416 e. The number of halogens is 3. The van der Waals surface area contributed by atoms with Crippen LogP contribution in [0.5, 0.6) is 11.6 Å². The van der Waals surface area contributed by atoms with Crippen LogP contribution in [0.4, 0.5) is 13.2 Å². The number of benzene rings is 3. The molecule has 0 saturated carbocycles. The fourth-order valence-electron chi connectivity index (χ4n) is 3.68. The Kier molecular flexibility index (Phi) is 6.11. The molecule has 0 spiro atoms. The Hall–Kier alpha value is -4.31. The van der Waals surface area contributed by atoms with Crippen LogP contribution in [0.3, 0.4) is 0 Å². The van der Waals surface area contributed by atoms with Gasteiger partial charge in [-0.1, -0.05) is 48.5 Å². The first-order valence-electron chi connectivity index (χ1n) is 10.7. The third kappa shape index (κ3) is 4.89. The highest BCUT2D eigenvalue weighted by molar-refractivity contribution is 7.18. The number of hydrogen-bond acceptors (Lipinski definition) is 6. The van der Waals surface area contributed by atoms with E-state index in [2.05, 4.69) is 15.2 Å². The van der Waals surface area contributed by atoms with Crippen LogP contribution in [-0.2, 0) is 17.4 Å². The maximum atomic E-state index is 13.1. The quantitative estimate of drug-likeness (QED) is 0.294. The molecule has 5 rings (SSSR count). The molecule has 2 heterocycles. The van der Waals surface area contributed by atoms with Crippen molar-refractivity contribution in [1.29, 1.82) is 0 Å². The number of carbonyl (C=O) groups excluding carboxylic acids is 1. The molecule has 2 aromatic heterocycles. The van der Waals surface area contributed by atoms with Crippen LogP contribution < -0.4 is 10.5 Å². The smallest absolute Gasteiger partial charge is 0.416 e. The summed E-state index contributed by atoms with van der Waals surface area (Å²) in [6.45, 7) is 0. The first-order chi connectivity index (χ1) is 17.3. The highest BCUT2D eigenvalue weighted by atomic mass is 32.1. The van der Waals surface area contributed by atoms with Gasteiger partial charge in [-0.05, 0) is 29.8 Å². The molecule has 0 aliphatic heterocycles. The molecule has 2 N–H and O–H groups in total. The van der Waals surface area contributed by atoms with Gasteiger partial charge in [-0.3, -0.25) is 4.79 Å². The van der Waals surface area contributed by atoms with Crippen LogP contribution in [0.15, 0.2) is 78.9 Å². The molecule has 3 aromatic carbocycles. The molecular weight excluding hydrogens is 489 g/mol. The number of nitrogens with zero attached hydrogens (tertiary/aromatic N) is 3. The van der Waals surface area contributed by atoms with E-state index in [1.807, 2.05) is 36.4 Å². The zero-order chi connectivity index (χ0) is 25.3. The Balaban J connectivity index is 1.57. The molecule has 0 atom stereocenters. The van der Waals surface area contributed by atoms with Crippen molar-refractivity contribution in [2.45, 2.75) is 12.6 Å². The molecule has 0 aliphatic rings. The van der Waals surface area contributed by atoms with Gasteiger partial charge in [0.05, 0.1) is 16.7 Å². The second-order valence-corrected chi connectivity index (χ2v) is 8.96. The summed E-state index contributed by atoms with van der Waals surface area (Å²) in [6.07, 6.45) is -4.42. The van der Waals surface area contributed by atoms with Crippen LogP contribution >= 0.6 is 11.3 Å². The Morgan fingerprint density at radius 2 is 1.67 bits per heavy atom. The molecule has 0 radical (unpaired) electrons. The molecule has 1 amide bonds. The lowest BCUT2D eigenvalue weighted by Crippen LogP contribution is -2.13. The van der Waals surface area contributed by atoms with E-state index in [1.165, 1.54) is 23.5 Å². The molecular formula is C26H17F3N4O2S. The summed E-state index contributed by atoms with van der Waals surface area (Å²) in [4.78, 5) is 15.8. The summed E-state index contributed by atoms with van der Waals surface area (Å²) in [5.74, 6) is 0.0567. The number of para-hydroxylation sites is 1. The molecule has 10 heteroatoms. The normalized spacial score (nSPS) is 11.5. The Morgan fingerprint density at radius 1 is 0.917 bits per heavy atom. The van der Waals surface area contributed by atoms with E-state index in [4.69, 9.17) is 10.5 Å². The first-order valence-corrected chi connectivity index (χ1v) is 11.5. The third-order valence-corrected chi connectivity index (χ3v) is 6.33. The van der Waals surface area contributed by atoms with Gasteiger partial charge in [0.15, 0.2) is 5.75 Å². The third-order valence-electron chi connectivity index (χ3n) is 5.31. The average Bonchev–Trinajstić information content (AvgIpc) is 3.27. The molecule has 5 aromatic rings. The van der Waals surface area contributed by atoms with Crippen molar-refractivity contribution in [2.24, 2.45) is 5.73 Å². The van der Waals surface area contributed by atoms with Crippen molar-refractivity contribution in [3.63, 3.8) is 0 Å². The van der Waals surface area contributed by atoms with Crippen molar-refractivity contribution in [1.82, 2.24) is 15.2 Å². The molecule has 0 fully saturated rings. The zero-order valence-corrected chi connectivity index (χ0v) is 19.3. The molecule has 0 aliphatic carbocycles. The number of carbonyl (C=O) groups is 1. The van der Waals surface area contributed by atoms with Gasteiger partial charge in [0.25, 0.3) is 0 Å². The molecule has 0 unspecified atom stereocenters. The van der Waals surface area contributed by atoms with Crippen molar-refractivity contribution in [2.75, 3.05) is 0 Å². The highest BCUT2D eigenvalue weighted by Gasteiger charge is 2.30. The van der Waals surface area contributed by atoms with E-state index in [0.717, 1.165) is 22.4 Å². The molecule has 0 bridgehead atoms. The van der Waals surface area contributed by atoms with Gasteiger partial charge in [0, 0.05) is 17.2 Å². The number of ether oxygens (including phenoxy) is 1. The number of rotatable bonds is 6. The lowest BCUT2D eigenvalue weighted by atomic mass is 9.99. The van der Waals surface area contributed by atoms with Crippen LogP contribution in [0.2, 0.25) is 0 Å². The molecule has 36 heavy (non-hydrogen) atoms. The summed E-state index contributed by atoms with van der Waals surface area (Å²) in [5, 5.41) is 9.11. The maximum absolute atomic E-state index is 13.1. The second kappa shape index (κ2) is 9.38. The number of fused-ring (bicyclic) bond motifs is 1. The van der Waals surface area contributed by atoms with Crippen LogP contribution in [-0.4, -0.2) is 21.1 Å². The van der Waals surface area contributed by atoms with Gasteiger partial charge in [-0.25, -0.2) is 4.98 Å². The van der Waals surface area contributed by atoms with E-state index in [9.17, 15) is 18.0 Å². The topological polar surface area (TPSA) is 91.0 Å². The number of nitrogens with two attached hydrogens (primary N) is 1. The Labute approximate surface area is 207 Å². The van der Waals surface area contributed by atoms with E-state index >= 15 is 0 Å². The molecule has 6 nitrogen and oxygen atoms in total. The minimum atomic E-state index is -4.44. The minimum Gasteiger partial charge on any atom is -0.435 e. The number of aromatic nitrogens is 3. The number of thiazole rings is 1. The van der Waals surface area contributed by atoms with Crippen LogP contribution in [0.1, 0.15) is 10.6 Å². The molecule has 180 valence electrons. The lowest BCUT2D eigenvalue weighted by molar-refractivity contribution is -0.137. The van der Waals surface area contributed by atoms with E-state index in [-0.39, 0.29) is 12.3 Å². The fourth-order valence-corrected chi connectivity index (χ4v) is 4.68. The summed E-state index contributed by atoms with van der Waals surface area (Å²) in [5.41, 5.74) is 7.43. The summed E-state index contributed by atoms with van der Waals surface area (Å²) in [7, 11) is 0. The second-order valence-electron chi connectivity index (χ2n) is 7.84. The number of alkyl halides is 3. The van der Waals surface area contributed by atoms with Gasteiger partial charge >= 0.3 is 6.18 Å². The SMILES string of the molecule is NC(=O)Cc1nc2c(Oc3cc(-c4ccc(C(F)(F)F)cc4)c(-c4ccccc4)nn3)cccc2s1. The van der Waals surface area contributed by atoms with Crippen molar-refractivity contribution < 1.29 is 22.7 Å². The number of primary amides is 1. The summed E-state index contributed by atoms with van der Waals surface area (Å²) in [6, 6.07) is 21.0. The summed E-state index contributed by atoms with van der Waals surface area (Å²) >= 11 is 1.33. The van der Waals surface area contributed by atoms with E-state index in [1.54, 1.807) is 18.2 Å². The predicted molar refractivity (Wildman–Crippen MR) is 130 cm³/mol. The van der Waals surface area contributed by atoms with Gasteiger partial charge in [-0.2, -0.15) is 13.2 Å². The van der Waals surface area contributed by atoms with Crippen LogP contribution in [0, 0.1) is 0 Å². The van der Waals surface area contributed by atoms with Gasteiger partial charge in [-0.15, -0.1) is 21.5 Å². The van der Waals surface area contributed by atoms with E-state index in [0.29, 0.717) is 33.1 Å². The summed E-state index contributed by atoms with van der Waals surface area (Å²) < 4.78 is 46.1. The minimum absolute atomic E-state index is 0.0163. The highest BCUT2D eigenvalue weighted by Crippen LogP contribution is 2.37. The van der Waals surface area contributed by atoms with Crippen molar-refractivity contribution in [3.05, 3.63) is 89.4 Å². The first kappa shape index (κ1) is 23.4. The average molecular weight is 507 g/mol. The largest absolute Gasteiger partial charge is 0.435 e. The monoisotopic (exact) mass is 506 g/mol. The van der Waals surface area contributed by atoms with Gasteiger partial charge in [0.1, 0.15) is 16.2 Å². The fraction of sp³-hybridized carbons (Fsp3) is 0.0769. The van der Waals surface area contributed by atoms with Crippen molar-refractivity contribution >= 4 is 27.5 Å². The van der Waals surface area contributed by atoms with Crippen LogP contribution in [0.25, 0.3) is 32.6 Å². The number of hydrogen-bond donors (Lipinski definition) is 1. The lowest BCUT2D eigenvalue weighted by Gasteiger charge is -2.13. The predicted octanol–water partition coefficient (Wildman–Crippen LogP) is 6.26. The standard InChI is InChI=1S/C26H17F3N4O2S/c27-26(28,29)17-11-9-15(10-12-17)18-13-22(32-33-24(18)16-5-2-1-3-6-16)35-19-7-4-8-20-25(19)31-23(36-20)14-21(30)34/h1-13H,14H2,(H2,30,34). The van der Waals surface area contributed by atoms with E-state index < -0.39 is 17.6 Å². The zero-order valence-electron chi connectivity index (χ0n) is 18.5. The van der Waals surface area contributed by atoms with Gasteiger partial charge in [0.2, 0.25) is 11.8 Å². The van der Waals surface area contributed by atoms with Gasteiger partial charge < -0.3 is 10.5 Å². The number of amides is 1. The molecule has 0 saturated heterocycles.